The van der Waals surface area contributed by atoms with Crippen molar-refractivity contribution in [3.05, 3.63) is 0 Å². The van der Waals surface area contributed by atoms with E-state index in [1.165, 1.54) is 0 Å². The monoisotopic (exact) mass is 151 g/mol. The molecule has 1 rings (SSSR count). The highest BCUT2D eigenvalue weighted by Crippen LogP contribution is 2.11. The molecule has 1 saturated heterocycles. The summed E-state index contributed by atoms with van der Waals surface area (Å²) in [5.41, 5.74) is 0. The number of nitrogens with zero attached hydrogens (tertiary/aromatic N) is 1. The molecule has 0 aromatic carbocycles. The second-order valence-electron chi connectivity index (χ2n) is 2.38. The Kier molecular flexibility index (Phi) is 2.73. The Labute approximate surface area is 59.8 Å². The van der Waals surface area contributed by atoms with Crippen LogP contribution in [0.15, 0.2) is 0 Å². The number of alkyl halides is 2. The number of likely N-dealkylation sites (tertiary alicyclic amines) is 1. The van der Waals surface area contributed by atoms with Crippen molar-refractivity contribution in [1.82, 2.24) is 4.90 Å². The van der Waals surface area contributed by atoms with Gasteiger partial charge in [-0.25, -0.2) is 4.39 Å². The van der Waals surface area contributed by atoms with E-state index in [0.717, 1.165) is 13.1 Å². The average Bonchev–Trinajstić information content (AvgIpc) is 2.17. The second-order valence-corrected chi connectivity index (χ2v) is 2.75. The first-order valence-corrected chi connectivity index (χ1v) is 3.79. The van der Waals surface area contributed by atoms with E-state index in [1.807, 2.05) is 0 Å². The molecule has 9 heavy (non-hydrogen) atoms. The molecule has 0 saturated carbocycles. The summed E-state index contributed by atoms with van der Waals surface area (Å²) in [7, 11) is 0. The zero-order chi connectivity index (χ0) is 6.69. The maximum Gasteiger partial charge on any atom is 0.114 e. The predicted octanol–water partition coefficient (Wildman–Crippen LogP) is 1.27. The van der Waals surface area contributed by atoms with Gasteiger partial charge >= 0.3 is 0 Å². The van der Waals surface area contributed by atoms with Crippen LogP contribution in [0.2, 0.25) is 0 Å². The molecule has 1 atom stereocenters. The van der Waals surface area contributed by atoms with E-state index in [-0.39, 0.29) is 0 Å². The van der Waals surface area contributed by atoms with Gasteiger partial charge in [0.05, 0.1) is 0 Å². The first-order chi connectivity index (χ1) is 4.33. The van der Waals surface area contributed by atoms with Crippen molar-refractivity contribution in [3.8, 4) is 0 Å². The SMILES string of the molecule is F[C@@H]1CCN(CCCl)C1. The summed E-state index contributed by atoms with van der Waals surface area (Å²) in [6, 6.07) is 0. The van der Waals surface area contributed by atoms with Crippen LogP contribution in [0.1, 0.15) is 6.42 Å². The molecule has 1 nitrogen and oxygen atoms in total. The fourth-order valence-corrected chi connectivity index (χ4v) is 1.35. The Balaban J connectivity index is 2.14. The highest BCUT2D eigenvalue weighted by Gasteiger charge is 2.20. The van der Waals surface area contributed by atoms with E-state index in [1.54, 1.807) is 0 Å². The van der Waals surface area contributed by atoms with Crippen LogP contribution < -0.4 is 0 Å². The maximum absolute atomic E-state index is 12.4. The molecule has 0 aromatic heterocycles. The van der Waals surface area contributed by atoms with Crippen molar-refractivity contribution < 1.29 is 4.39 Å². The standard InChI is InChI=1S/C6H11ClFN/c7-2-4-9-3-1-6(8)5-9/h6H,1-5H2/t6-/m1/s1. The number of halogens is 2. The van der Waals surface area contributed by atoms with Crippen LogP contribution >= 0.6 is 11.6 Å². The number of hydrogen-bond acceptors (Lipinski definition) is 1. The van der Waals surface area contributed by atoms with Gasteiger partial charge in [-0.2, -0.15) is 0 Å². The molecule has 54 valence electrons. The molecule has 0 unspecified atom stereocenters. The molecular weight excluding hydrogens is 141 g/mol. The first kappa shape index (κ1) is 7.29. The number of rotatable bonds is 2. The quantitative estimate of drug-likeness (QED) is 0.538. The lowest BCUT2D eigenvalue weighted by Gasteiger charge is -2.10. The lowest BCUT2D eigenvalue weighted by molar-refractivity contribution is 0.299. The van der Waals surface area contributed by atoms with Gasteiger partial charge in [0, 0.05) is 25.5 Å². The predicted molar refractivity (Wildman–Crippen MR) is 36.7 cm³/mol. The second kappa shape index (κ2) is 3.37. The molecule has 1 aliphatic heterocycles. The minimum absolute atomic E-state index is 0.590. The van der Waals surface area contributed by atoms with E-state index < -0.39 is 6.17 Å². The Morgan fingerprint density at radius 3 is 2.89 bits per heavy atom. The van der Waals surface area contributed by atoms with Crippen LogP contribution in [0.3, 0.4) is 0 Å². The van der Waals surface area contributed by atoms with Crippen LogP contribution in [-0.2, 0) is 0 Å². The Morgan fingerprint density at radius 1 is 1.67 bits per heavy atom. The summed E-state index contributed by atoms with van der Waals surface area (Å²) in [4.78, 5) is 2.05. The highest BCUT2D eigenvalue weighted by molar-refractivity contribution is 6.18. The van der Waals surface area contributed by atoms with Gasteiger partial charge < -0.3 is 0 Å². The average molecular weight is 152 g/mol. The van der Waals surface area contributed by atoms with Gasteiger partial charge in [0.25, 0.3) is 0 Å². The van der Waals surface area contributed by atoms with Gasteiger partial charge in [0.1, 0.15) is 6.17 Å². The summed E-state index contributed by atoms with van der Waals surface area (Å²) in [5.74, 6) is 0.618. The molecule has 0 aromatic rings. The van der Waals surface area contributed by atoms with Crippen molar-refractivity contribution in [2.75, 3.05) is 25.5 Å². The zero-order valence-corrected chi connectivity index (χ0v) is 6.07. The van der Waals surface area contributed by atoms with Gasteiger partial charge in [-0.3, -0.25) is 4.90 Å². The maximum atomic E-state index is 12.4. The van der Waals surface area contributed by atoms with Crippen molar-refractivity contribution in [1.29, 1.82) is 0 Å². The molecular formula is C6H11ClFN. The summed E-state index contributed by atoms with van der Waals surface area (Å²) in [6.07, 6.45) is 0.0879. The van der Waals surface area contributed by atoms with Gasteiger partial charge in [-0.05, 0) is 6.42 Å². The fraction of sp³-hybridized carbons (Fsp3) is 1.00. The Hall–Kier alpha value is 0.180. The Bertz CT molecular complexity index is 87.1. The van der Waals surface area contributed by atoms with Crippen LogP contribution in [-0.4, -0.2) is 36.6 Å². The lowest BCUT2D eigenvalue weighted by Crippen LogP contribution is -2.22. The van der Waals surface area contributed by atoms with E-state index in [2.05, 4.69) is 4.90 Å². The summed E-state index contributed by atoms with van der Waals surface area (Å²) >= 11 is 5.47. The van der Waals surface area contributed by atoms with Gasteiger partial charge in [0.2, 0.25) is 0 Å². The normalized spacial score (nSPS) is 29.3. The molecule has 0 aliphatic carbocycles. The molecule has 0 amide bonds. The molecule has 1 aliphatic rings. The zero-order valence-electron chi connectivity index (χ0n) is 5.32. The van der Waals surface area contributed by atoms with Gasteiger partial charge in [-0.1, -0.05) is 0 Å². The Morgan fingerprint density at radius 2 is 2.44 bits per heavy atom. The van der Waals surface area contributed by atoms with E-state index in [9.17, 15) is 4.39 Å². The molecule has 1 fully saturated rings. The van der Waals surface area contributed by atoms with Crippen molar-refractivity contribution in [3.63, 3.8) is 0 Å². The smallest absolute Gasteiger partial charge is 0.114 e. The third-order valence-electron chi connectivity index (χ3n) is 1.62. The lowest BCUT2D eigenvalue weighted by atomic mass is 10.3. The van der Waals surface area contributed by atoms with Crippen molar-refractivity contribution in [2.24, 2.45) is 0 Å². The van der Waals surface area contributed by atoms with Crippen molar-refractivity contribution in [2.45, 2.75) is 12.6 Å². The van der Waals surface area contributed by atoms with Gasteiger partial charge in [0.15, 0.2) is 0 Å². The molecule has 1 heterocycles. The minimum atomic E-state index is -0.604. The van der Waals surface area contributed by atoms with Crippen LogP contribution in [0.5, 0.6) is 0 Å². The van der Waals surface area contributed by atoms with E-state index >= 15 is 0 Å². The molecule has 0 spiro atoms. The third-order valence-corrected chi connectivity index (χ3v) is 1.78. The first-order valence-electron chi connectivity index (χ1n) is 3.25. The third kappa shape index (κ3) is 2.11. The minimum Gasteiger partial charge on any atom is -0.299 e. The van der Waals surface area contributed by atoms with Crippen molar-refractivity contribution >= 4 is 11.6 Å². The summed E-state index contributed by atoms with van der Waals surface area (Å²) in [6.45, 7) is 2.31. The van der Waals surface area contributed by atoms with Crippen LogP contribution in [0, 0.1) is 0 Å². The molecule has 0 bridgehead atoms. The van der Waals surface area contributed by atoms with Crippen LogP contribution in [0.25, 0.3) is 0 Å². The highest BCUT2D eigenvalue weighted by atomic mass is 35.5. The van der Waals surface area contributed by atoms with E-state index in [4.69, 9.17) is 11.6 Å². The van der Waals surface area contributed by atoms with E-state index in [0.29, 0.717) is 18.8 Å². The van der Waals surface area contributed by atoms with Crippen LogP contribution in [0.4, 0.5) is 4.39 Å². The largest absolute Gasteiger partial charge is 0.299 e. The number of hydrogen-bond donors (Lipinski definition) is 0. The summed E-state index contributed by atoms with van der Waals surface area (Å²) in [5, 5.41) is 0. The summed E-state index contributed by atoms with van der Waals surface area (Å²) < 4.78 is 12.4. The van der Waals surface area contributed by atoms with Gasteiger partial charge in [-0.15, -0.1) is 11.6 Å². The molecule has 0 N–H and O–H groups in total. The topological polar surface area (TPSA) is 3.24 Å². The fourth-order valence-electron chi connectivity index (χ4n) is 1.11. The molecule has 0 radical (unpaired) electrons. The molecule has 3 heteroatoms.